The zero-order valence-electron chi connectivity index (χ0n) is 16.8. The average molecular weight is 423 g/mol. The van der Waals surface area contributed by atoms with Crippen LogP contribution in [0.3, 0.4) is 0 Å². The van der Waals surface area contributed by atoms with Gasteiger partial charge < -0.3 is 15.5 Å². The quantitative estimate of drug-likeness (QED) is 0.670. The Hall–Kier alpha value is -3.26. The van der Waals surface area contributed by atoms with Crippen LogP contribution in [0, 0.1) is 0 Å². The van der Waals surface area contributed by atoms with Crippen LogP contribution in [0.15, 0.2) is 42.5 Å². The molecule has 30 heavy (non-hydrogen) atoms. The molecule has 2 N–H and O–H groups in total. The van der Waals surface area contributed by atoms with E-state index in [1.807, 2.05) is 30.3 Å². The molecule has 1 aromatic heterocycles. The summed E-state index contributed by atoms with van der Waals surface area (Å²) in [6.45, 7) is 3.60. The molecule has 0 saturated heterocycles. The largest absolute Gasteiger partial charge is 0.335 e. The first-order valence-corrected chi connectivity index (χ1v) is 10.6. The van der Waals surface area contributed by atoms with Crippen LogP contribution >= 0.6 is 11.3 Å². The molecule has 0 aliphatic carbocycles. The number of carbonyl (C=O) groups is 3. The molecule has 2 heterocycles. The molecule has 3 amide bonds. The Morgan fingerprint density at radius 1 is 1.13 bits per heavy atom. The highest BCUT2D eigenvalue weighted by Crippen LogP contribution is 2.33. The maximum absolute atomic E-state index is 12.8. The van der Waals surface area contributed by atoms with Crippen LogP contribution in [0.4, 0.5) is 10.8 Å². The van der Waals surface area contributed by atoms with Gasteiger partial charge in [0.05, 0.1) is 22.7 Å². The fourth-order valence-corrected chi connectivity index (χ4v) is 4.77. The van der Waals surface area contributed by atoms with Crippen molar-refractivity contribution < 1.29 is 14.4 Å². The lowest BCUT2D eigenvalue weighted by Gasteiger charge is -2.36. The predicted octanol–water partition coefficient (Wildman–Crippen LogP) is 3.73. The molecule has 0 saturated carbocycles. The maximum atomic E-state index is 12.8. The summed E-state index contributed by atoms with van der Waals surface area (Å²) in [5.41, 5.74) is 3.64. The molecule has 1 aliphatic rings. The molecular formula is C22H22N4O3S. The lowest BCUT2D eigenvalue weighted by molar-refractivity contribution is -0.132. The fraction of sp³-hybridized carbons (Fsp3) is 0.273. The average Bonchev–Trinajstić information content (AvgIpc) is 3.08. The zero-order valence-corrected chi connectivity index (χ0v) is 17.6. The Kier molecular flexibility index (Phi) is 5.50. The molecule has 1 unspecified atom stereocenters. The van der Waals surface area contributed by atoms with Crippen molar-refractivity contribution in [2.75, 3.05) is 17.2 Å². The molecule has 4 rings (SSSR count). The van der Waals surface area contributed by atoms with Gasteiger partial charge in [0.1, 0.15) is 0 Å². The van der Waals surface area contributed by atoms with Crippen molar-refractivity contribution in [2.45, 2.75) is 32.7 Å². The molecule has 1 atom stereocenters. The third-order valence-corrected chi connectivity index (χ3v) is 6.08. The van der Waals surface area contributed by atoms with Crippen LogP contribution in [0.5, 0.6) is 0 Å². The first-order chi connectivity index (χ1) is 14.4. The smallest absolute Gasteiger partial charge is 0.228 e. The van der Waals surface area contributed by atoms with Gasteiger partial charge in [-0.25, -0.2) is 4.98 Å². The van der Waals surface area contributed by atoms with E-state index in [0.717, 1.165) is 22.2 Å². The Bertz CT molecular complexity index is 1140. The second kappa shape index (κ2) is 8.23. The summed E-state index contributed by atoms with van der Waals surface area (Å²) in [7, 11) is 0. The maximum Gasteiger partial charge on any atom is 0.228 e. The third kappa shape index (κ3) is 4.18. The van der Waals surface area contributed by atoms with Crippen molar-refractivity contribution in [1.29, 1.82) is 0 Å². The molecule has 0 radical (unpaired) electrons. The normalized spacial score (nSPS) is 15.5. The number of benzene rings is 2. The van der Waals surface area contributed by atoms with Gasteiger partial charge in [-0.3, -0.25) is 14.4 Å². The summed E-state index contributed by atoms with van der Waals surface area (Å²) in [5, 5.41) is 6.11. The van der Waals surface area contributed by atoms with E-state index in [-0.39, 0.29) is 30.2 Å². The van der Waals surface area contributed by atoms with Crippen LogP contribution in [-0.2, 0) is 20.8 Å². The van der Waals surface area contributed by atoms with Crippen molar-refractivity contribution >= 4 is 50.1 Å². The molecule has 1 aliphatic heterocycles. The number of nitrogens with one attached hydrogen (secondary N) is 2. The van der Waals surface area contributed by atoms with E-state index >= 15 is 0 Å². The van der Waals surface area contributed by atoms with Gasteiger partial charge in [0.15, 0.2) is 5.13 Å². The number of hydrogen-bond donors (Lipinski definition) is 2. The molecule has 0 fully saturated rings. The molecule has 7 nitrogen and oxygen atoms in total. The Balaban J connectivity index is 1.52. The van der Waals surface area contributed by atoms with Gasteiger partial charge >= 0.3 is 0 Å². The predicted molar refractivity (Wildman–Crippen MR) is 117 cm³/mol. The van der Waals surface area contributed by atoms with Crippen molar-refractivity contribution in [2.24, 2.45) is 0 Å². The summed E-state index contributed by atoms with van der Waals surface area (Å²) in [5.74, 6) is -0.368. The van der Waals surface area contributed by atoms with Gasteiger partial charge in [-0.15, -0.1) is 0 Å². The van der Waals surface area contributed by atoms with Gasteiger partial charge in [-0.1, -0.05) is 35.6 Å². The lowest BCUT2D eigenvalue weighted by Crippen LogP contribution is -2.40. The Morgan fingerprint density at radius 3 is 2.70 bits per heavy atom. The minimum absolute atomic E-state index is 0.0345. The second-order valence-electron chi connectivity index (χ2n) is 7.31. The third-order valence-electron chi connectivity index (χ3n) is 5.15. The summed E-state index contributed by atoms with van der Waals surface area (Å²) >= 11 is 1.35. The number of carbonyl (C=O) groups excluding carboxylic acids is 3. The summed E-state index contributed by atoms with van der Waals surface area (Å²) in [6.07, 6.45) is 0.964. The van der Waals surface area contributed by atoms with E-state index in [0.29, 0.717) is 17.4 Å². The molecular weight excluding hydrogens is 400 g/mol. The van der Waals surface area contributed by atoms with Gasteiger partial charge in [0.25, 0.3) is 0 Å². The number of rotatable bonds is 4. The summed E-state index contributed by atoms with van der Waals surface area (Å²) in [4.78, 5) is 42.4. The summed E-state index contributed by atoms with van der Waals surface area (Å²) in [6, 6.07) is 13.1. The SMILES string of the molecule is CC(=O)Nc1ccc2nc(NC(=O)CC3c4ccccc4CCN3C(C)=O)sc2c1. The van der Waals surface area contributed by atoms with Crippen LogP contribution in [0.2, 0.25) is 0 Å². The highest BCUT2D eigenvalue weighted by molar-refractivity contribution is 7.22. The Morgan fingerprint density at radius 2 is 1.93 bits per heavy atom. The standard InChI is InChI=1S/C22H22N4O3S/c1-13(27)23-16-7-8-18-20(11-16)30-22(24-18)25-21(29)12-19-17-6-4-3-5-15(17)9-10-26(19)14(2)28/h3-8,11,19H,9-10,12H2,1-2H3,(H,23,27)(H,24,25,29). The highest BCUT2D eigenvalue weighted by atomic mass is 32.1. The van der Waals surface area contributed by atoms with E-state index in [9.17, 15) is 14.4 Å². The number of anilines is 2. The van der Waals surface area contributed by atoms with Crippen LogP contribution in [0.25, 0.3) is 10.2 Å². The van der Waals surface area contributed by atoms with E-state index in [2.05, 4.69) is 21.7 Å². The van der Waals surface area contributed by atoms with Crippen molar-refractivity contribution in [1.82, 2.24) is 9.88 Å². The van der Waals surface area contributed by atoms with E-state index in [4.69, 9.17) is 0 Å². The van der Waals surface area contributed by atoms with Gasteiger partial charge in [0, 0.05) is 26.1 Å². The first kappa shape index (κ1) is 20.0. The number of nitrogens with zero attached hydrogens (tertiary/aromatic N) is 2. The van der Waals surface area contributed by atoms with Crippen LogP contribution in [0.1, 0.15) is 37.4 Å². The van der Waals surface area contributed by atoms with E-state index in [1.165, 1.54) is 23.8 Å². The number of fused-ring (bicyclic) bond motifs is 2. The first-order valence-electron chi connectivity index (χ1n) is 9.74. The number of thiazole rings is 1. The summed E-state index contributed by atoms with van der Waals surface area (Å²) < 4.78 is 0.866. The minimum atomic E-state index is -0.284. The number of hydrogen-bond acceptors (Lipinski definition) is 5. The monoisotopic (exact) mass is 422 g/mol. The molecule has 2 aromatic carbocycles. The van der Waals surface area contributed by atoms with E-state index in [1.54, 1.807) is 17.9 Å². The second-order valence-corrected chi connectivity index (χ2v) is 8.34. The van der Waals surface area contributed by atoms with Crippen molar-refractivity contribution in [3.63, 3.8) is 0 Å². The number of amides is 3. The fourth-order valence-electron chi connectivity index (χ4n) is 3.85. The Labute approximate surface area is 178 Å². The van der Waals surface area contributed by atoms with Crippen molar-refractivity contribution in [3.05, 3.63) is 53.6 Å². The molecule has 154 valence electrons. The van der Waals surface area contributed by atoms with Gasteiger partial charge in [0.2, 0.25) is 17.7 Å². The molecule has 0 bridgehead atoms. The van der Waals surface area contributed by atoms with Gasteiger partial charge in [-0.05, 0) is 35.7 Å². The number of aromatic nitrogens is 1. The molecule has 8 heteroatoms. The molecule has 0 spiro atoms. The molecule has 3 aromatic rings. The minimum Gasteiger partial charge on any atom is -0.335 e. The van der Waals surface area contributed by atoms with Crippen molar-refractivity contribution in [3.8, 4) is 0 Å². The van der Waals surface area contributed by atoms with E-state index < -0.39 is 0 Å². The topological polar surface area (TPSA) is 91.4 Å². The lowest BCUT2D eigenvalue weighted by atomic mass is 9.90. The highest BCUT2D eigenvalue weighted by Gasteiger charge is 2.30. The van der Waals surface area contributed by atoms with Gasteiger partial charge in [-0.2, -0.15) is 0 Å². The van der Waals surface area contributed by atoms with Crippen LogP contribution < -0.4 is 10.6 Å². The van der Waals surface area contributed by atoms with Crippen LogP contribution in [-0.4, -0.2) is 34.2 Å². The zero-order chi connectivity index (χ0) is 21.3.